The topological polar surface area (TPSA) is 73.1 Å². The van der Waals surface area contributed by atoms with Crippen LogP contribution in [-0.2, 0) is 4.74 Å². The number of hydrogen-bond donors (Lipinski definition) is 1. The molecule has 1 aliphatic heterocycles. The highest BCUT2D eigenvalue weighted by atomic mass is 16.5. The minimum Gasteiger partial charge on any atom is -0.493 e. The summed E-state index contributed by atoms with van der Waals surface area (Å²) in [5.74, 6) is 0.791. The minimum absolute atomic E-state index is 0.0606. The molecule has 3 aromatic rings. The highest BCUT2D eigenvalue weighted by Crippen LogP contribution is 2.25. The lowest BCUT2D eigenvalue weighted by molar-refractivity contribution is 0.0854. The molecule has 0 saturated carbocycles. The highest BCUT2D eigenvalue weighted by Gasteiger charge is 2.19. The van der Waals surface area contributed by atoms with Crippen molar-refractivity contribution in [3.05, 3.63) is 65.2 Å². The monoisotopic (exact) mass is 420 g/mol. The van der Waals surface area contributed by atoms with Crippen LogP contribution in [0.5, 0.6) is 5.75 Å². The number of methoxy groups -OCH3 is 1. The first-order valence-electron chi connectivity index (χ1n) is 10.7. The SMILES string of the molecule is COc1cccc2cc(C(=O)NC[C@@H]3CCCO3)c(=Nc3ccc(C(C)C)cc3)oc12. The summed E-state index contributed by atoms with van der Waals surface area (Å²) in [5, 5.41) is 3.74. The van der Waals surface area contributed by atoms with Gasteiger partial charge in [0.25, 0.3) is 5.91 Å². The Kier molecular flexibility index (Phi) is 6.37. The lowest BCUT2D eigenvalue weighted by Crippen LogP contribution is -2.34. The highest BCUT2D eigenvalue weighted by molar-refractivity contribution is 5.97. The number of hydrogen-bond acceptors (Lipinski definition) is 5. The van der Waals surface area contributed by atoms with E-state index in [0.29, 0.717) is 29.4 Å². The van der Waals surface area contributed by atoms with Gasteiger partial charge in [0.05, 0.1) is 18.9 Å². The van der Waals surface area contributed by atoms with Gasteiger partial charge in [-0.15, -0.1) is 0 Å². The van der Waals surface area contributed by atoms with Gasteiger partial charge in [0.2, 0.25) is 5.55 Å². The van der Waals surface area contributed by atoms with Gasteiger partial charge in [0.15, 0.2) is 11.3 Å². The fraction of sp³-hybridized carbons (Fsp3) is 0.360. The Bertz CT molecular complexity index is 1130. The average Bonchev–Trinajstić information content (AvgIpc) is 3.30. The second-order valence-corrected chi connectivity index (χ2v) is 8.05. The van der Waals surface area contributed by atoms with Crippen molar-refractivity contribution in [3.8, 4) is 5.75 Å². The Balaban J connectivity index is 1.76. The van der Waals surface area contributed by atoms with Gasteiger partial charge in [-0.3, -0.25) is 4.79 Å². The summed E-state index contributed by atoms with van der Waals surface area (Å²) < 4.78 is 17.2. The molecule has 1 amide bonds. The van der Waals surface area contributed by atoms with E-state index in [1.165, 1.54) is 5.56 Å². The summed E-state index contributed by atoms with van der Waals surface area (Å²) in [6.07, 6.45) is 2.04. The molecule has 6 heteroatoms. The first-order chi connectivity index (χ1) is 15.0. The molecule has 0 unspecified atom stereocenters. The van der Waals surface area contributed by atoms with Gasteiger partial charge in [-0.2, -0.15) is 0 Å². The number of carbonyl (C=O) groups excluding carboxylic acids is 1. The number of para-hydroxylation sites is 1. The van der Waals surface area contributed by atoms with E-state index in [1.807, 2.05) is 42.5 Å². The third kappa shape index (κ3) is 4.80. The standard InChI is InChI=1S/C25H28N2O4/c1-16(2)17-9-11-19(12-10-17)27-25-21(24(28)26-15-20-7-5-13-30-20)14-18-6-4-8-22(29-3)23(18)31-25/h4,6,8-12,14,16,20H,5,7,13,15H2,1-3H3,(H,26,28)/t20-/m0/s1. The molecular weight excluding hydrogens is 392 g/mol. The molecule has 1 aromatic heterocycles. The van der Waals surface area contributed by atoms with Gasteiger partial charge in [-0.05, 0) is 48.6 Å². The number of rotatable bonds is 6. The molecule has 1 atom stereocenters. The van der Waals surface area contributed by atoms with Gasteiger partial charge in [-0.1, -0.05) is 38.1 Å². The Morgan fingerprint density at radius 3 is 2.71 bits per heavy atom. The van der Waals surface area contributed by atoms with Crippen molar-refractivity contribution in [1.82, 2.24) is 5.32 Å². The molecule has 0 spiro atoms. The maximum absolute atomic E-state index is 13.0. The van der Waals surface area contributed by atoms with E-state index in [0.717, 1.165) is 30.5 Å². The maximum Gasteiger partial charge on any atom is 0.256 e. The van der Waals surface area contributed by atoms with Crippen LogP contribution in [0.2, 0.25) is 0 Å². The zero-order valence-electron chi connectivity index (χ0n) is 18.2. The van der Waals surface area contributed by atoms with Crippen LogP contribution in [0, 0.1) is 0 Å². The lowest BCUT2D eigenvalue weighted by atomic mass is 10.0. The second kappa shape index (κ2) is 9.35. The Morgan fingerprint density at radius 2 is 2.03 bits per heavy atom. The number of ether oxygens (including phenoxy) is 2. The average molecular weight is 421 g/mol. The van der Waals surface area contributed by atoms with E-state index in [-0.39, 0.29) is 17.6 Å². The van der Waals surface area contributed by atoms with E-state index in [9.17, 15) is 4.79 Å². The third-order valence-electron chi connectivity index (χ3n) is 5.51. The number of nitrogens with zero attached hydrogens (tertiary/aromatic N) is 1. The second-order valence-electron chi connectivity index (χ2n) is 8.05. The number of fused-ring (bicyclic) bond motifs is 1. The zero-order valence-corrected chi connectivity index (χ0v) is 18.2. The number of benzene rings is 2. The maximum atomic E-state index is 13.0. The Morgan fingerprint density at radius 1 is 1.23 bits per heavy atom. The van der Waals surface area contributed by atoms with Crippen LogP contribution in [0.3, 0.4) is 0 Å². The van der Waals surface area contributed by atoms with Crippen molar-refractivity contribution in [2.24, 2.45) is 4.99 Å². The summed E-state index contributed by atoms with van der Waals surface area (Å²) in [4.78, 5) is 17.7. The van der Waals surface area contributed by atoms with Crippen LogP contribution in [0.25, 0.3) is 11.0 Å². The van der Waals surface area contributed by atoms with Crippen molar-refractivity contribution >= 4 is 22.6 Å². The smallest absolute Gasteiger partial charge is 0.256 e. The normalized spacial score (nSPS) is 16.8. The summed E-state index contributed by atoms with van der Waals surface area (Å²) in [7, 11) is 1.59. The first-order valence-corrected chi connectivity index (χ1v) is 10.7. The molecule has 2 aromatic carbocycles. The van der Waals surface area contributed by atoms with Gasteiger partial charge in [-0.25, -0.2) is 4.99 Å². The fourth-order valence-corrected chi connectivity index (χ4v) is 3.69. The van der Waals surface area contributed by atoms with E-state index in [1.54, 1.807) is 13.2 Å². The van der Waals surface area contributed by atoms with Crippen LogP contribution in [-0.4, -0.2) is 32.3 Å². The zero-order chi connectivity index (χ0) is 21.8. The van der Waals surface area contributed by atoms with Crippen molar-refractivity contribution in [3.63, 3.8) is 0 Å². The molecule has 1 saturated heterocycles. The van der Waals surface area contributed by atoms with Crippen molar-refractivity contribution in [1.29, 1.82) is 0 Å². The number of carbonyl (C=O) groups is 1. The molecule has 4 rings (SSSR count). The fourth-order valence-electron chi connectivity index (χ4n) is 3.69. The molecule has 1 N–H and O–H groups in total. The number of amides is 1. The quantitative estimate of drug-likeness (QED) is 0.627. The van der Waals surface area contributed by atoms with Crippen LogP contribution in [0.15, 0.2) is 57.9 Å². The summed E-state index contributed by atoms with van der Waals surface area (Å²) in [6.45, 7) is 5.51. The lowest BCUT2D eigenvalue weighted by Gasteiger charge is -2.12. The molecule has 0 bridgehead atoms. The molecule has 31 heavy (non-hydrogen) atoms. The predicted molar refractivity (Wildman–Crippen MR) is 120 cm³/mol. The molecule has 0 radical (unpaired) electrons. The van der Waals surface area contributed by atoms with Gasteiger partial charge in [0.1, 0.15) is 5.56 Å². The van der Waals surface area contributed by atoms with Crippen LogP contribution >= 0.6 is 0 Å². The number of nitrogens with one attached hydrogen (secondary N) is 1. The Labute approximate surface area is 181 Å². The van der Waals surface area contributed by atoms with Gasteiger partial charge < -0.3 is 19.2 Å². The summed E-state index contributed by atoms with van der Waals surface area (Å²) in [6, 6.07) is 15.3. The van der Waals surface area contributed by atoms with E-state index < -0.39 is 0 Å². The predicted octanol–water partition coefficient (Wildman–Crippen LogP) is 4.71. The minimum atomic E-state index is -0.235. The van der Waals surface area contributed by atoms with E-state index in [4.69, 9.17) is 13.9 Å². The molecular formula is C25H28N2O4. The molecule has 2 heterocycles. The van der Waals surface area contributed by atoms with Gasteiger partial charge in [0, 0.05) is 18.5 Å². The summed E-state index contributed by atoms with van der Waals surface area (Å²) in [5.41, 5.74) is 3.13. The molecule has 6 nitrogen and oxygen atoms in total. The summed E-state index contributed by atoms with van der Waals surface area (Å²) >= 11 is 0. The van der Waals surface area contributed by atoms with Crippen molar-refractivity contribution in [2.75, 3.05) is 20.3 Å². The third-order valence-corrected chi connectivity index (χ3v) is 5.51. The van der Waals surface area contributed by atoms with Crippen molar-refractivity contribution in [2.45, 2.75) is 38.7 Å². The molecule has 162 valence electrons. The largest absolute Gasteiger partial charge is 0.493 e. The van der Waals surface area contributed by atoms with E-state index >= 15 is 0 Å². The molecule has 0 aliphatic carbocycles. The Hall–Kier alpha value is -3.12. The molecule has 1 aliphatic rings. The molecule has 1 fully saturated rings. The van der Waals surface area contributed by atoms with Crippen LogP contribution in [0.1, 0.15) is 48.5 Å². The first kappa shape index (κ1) is 21.1. The van der Waals surface area contributed by atoms with Gasteiger partial charge >= 0.3 is 0 Å². The van der Waals surface area contributed by atoms with Crippen molar-refractivity contribution < 1.29 is 18.7 Å². The van der Waals surface area contributed by atoms with Crippen LogP contribution < -0.4 is 15.6 Å². The van der Waals surface area contributed by atoms with E-state index in [2.05, 4.69) is 24.2 Å². The van der Waals surface area contributed by atoms with Crippen LogP contribution in [0.4, 0.5) is 5.69 Å².